The Labute approximate surface area is 150 Å². The minimum absolute atomic E-state index is 0.00527. The van der Waals surface area contributed by atoms with Crippen molar-refractivity contribution in [2.75, 3.05) is 26.3 Å². The second-order valence-corrected chi connectivity index (χ2v) is 7.08. The van der Waals surface area contributed by atoms with Crippen molar-refractivity contribution >= 4 is 0 Å². The highest BCUT2D eigenvalue weighted by molar-refractivity contribution is 5.37. The van der Waals surface area contributed by atoms with E-state index in [1.54, 1.807) is 0 Å². The van der Waals surface area contributed by atoms with Crippen molar-refractivity contribution in [1.29, 1.82) is 0 Å². The van der Waals surface area contributed by atoms with Crippen LogP contribution < -0.4 is 0 Å². The fourth-order valence-electron chi connectivity index (χ4n) is 3.40. The number of aliphatic hydroxyl groups excluding tert-OH is 2. The molecule has 1 heterocycles. The van der Waals surface area contributed by atoms with Crippen LogP contribution in [0.3, 0.4) is 0 Å². The Morgan fingerprint density at radius 1 is 1.12 bits per heavy atom. The van der Waals surface area contributed by atoms with Crippen LogP contribution in [0.15, 0.2) is 36.4 Å². The van der Waals surface area contributed by atoms with Crippen molar-refractivity contribution < 1.29 is 15.1 Å². The first-order chi connectivity index (χ1) is 12.2. The molecular weight excluding hydrogens is 314 g/mol. The van der Waals surface area contributed by atoms with E-state index in [-0.39, 0.29) is 25.2 Å². The van der Waals surface area contributed by atoms with Crippen LogP contribution in [0.25, 0.3) is 0 Å². The van der Waals surface area contributed by atoms with E-state index in [4.69, 9.17) is 4.84 Å². The SMILES string of the molecule is Cc1ccc(C#CC2C=CC(CN3C[C@H](CO)C(CO)O3)CC2)cc1. The molecule has 0 spiro atoms. The van der Waals surface area contributed by atoms with E-state index in [0.717, 1.165) is 24.9 Å². The van der Waals surface area contributed by atoms with E-state index in [1.165, 1.54) is 5.56 Å². The van der Waals surface area contributed by atoms with Crippen LogP contribution in [0.1, 0.15) is 24.0 Å². The van der Waals surface area contributed by atoms with Gasteiger partial charge in [-0.1, -0.05) is 41.7 Å². The number of hydrogen-bond donors (Lipinski definition) is 2. The largest absolute Gasteiger partial charge is 0.396 e. The van der Waals surface area contributed by atoms with Gasteiger partial charge in [0.15, 0.2) is 0 Å². The highest BCUT2D eigenvalue weighted by atomic mass is 16.7. The molecule has 3 rings (SSSR count). The Balaban J connectivity index is 1.50. The van der Waals surface area contributed by atoms with Crippen LogP contribution in [0, 0.1) is 36.5 Å². The van der Waals surface area contributed by atoms with Crippen LogP contribution >= 0.6 is 0 Å². The third kappa shape index (κ3) is 4.93. The molecular formula is C21H27NO3. The number of nitrogens with zero attached hydrogens (tertiary/aromatic N) is 1. The summed E-state index contributed by atoms with van der Waals surface area (Å²) in [4.78, 5) is 5.72. The lowest BCUT2D eigenvalue weighted by Crippen LogP contribution is -2.27. The van der Waals surface area contributed by atoms with Gasteiger partial charge in [0.2, 0.25) is 0 Å². The minimum atomic E-state index is -0.273. The summed E-state index contributed by atoms with van der Waals surface area (Å²) in [6.45, 7) is 3.58. The summed E-state index contributed by atoms with van der Waals surface area (Å²) >= 11 is 0. The maximum absolute atomic E-state index is 9.35. The molecule has 0 bridgehead atoms. The molecule has 3 unspecified atom stereocenters. The summed E-state index contributed by atoms with van der Waals surface area (Å²) in [5.41, 5.74) is 2.32. The van der Waals surface area contributed by atoms with Gasteiger partial charge in [-0.25, -0.2) is 0 Å². The number of aliphatic hydroxyl groups is 2. The van der Waals surface area contributed by atoms with Crippen molar-refractivity contribution in [2.45, 2.75) is 25.9 Å². The molecule has 1 aromatic rings. The lowest BCUT2D eigenvalue weighted by molar-refractivity contribution is -0.162. The zero-order chi connectivity index (χ0) is 17.6. The van der Waals surface area contributed by atoms with Crippen LogP contribution in [0.5, 0.6) is 0 Å². The van der Waals surface area contributed by atoms with E-state index in [9.17, 15) is 10.2 Å². The van der Waals surface area contributed by atoms with E-state index in [1.807, 2.05) is 5.06 Å². The molecule has 134 valence electrons. The number of allylic oxidation sites excluding steroid dienone is 1. The van der Waals surface area contributed by atoms with Gasteiger partial charge in [-0.3, -0.25) is 4.84 Å². The summed E-state index contributed by atoms with van der Waals surface area (Å²) in [6.07, 6.45) is 6.31. The molecule has 4 heteroatoms. The normalized spacial score (nSPS) is 29.4. The van der Waals surface area contributed by atoms with Gasteiger partial charge < -0.3 is 10.2 Å². The fourth-order valence-corrected chi connectivity index (χ4v) is 3.40. The first-order valence-corrected chi connectivity index (χ1v) is 9.08. The van der Waals surface area contributed by atoms with E-state index >= 15 is 0 Å². The predicted octanol–water partition coefficient (Wildman–Crippen LogP) is 2.15. The minimum Gasteiger partial charge on any atom is -0.396 e. The zero-order valence-electron chi connectivity index (χ0n) is 14.8. The molecule has 0 radical (unpaired) electrons. The third-order valence-corrected chi connectivity index (χ3v) is 5.02. The molecule has 1 aromatic carbocycles. The first-order valence-electron chi connectivity index (χ1n) is 9.08. The van der Waals surface area contributed by atoms with Crippen LogP contribution in [0.2, 0.25) is 0 Å². The summed E-state index contributed by atoms with van der Waals surface area (Å²) < 4.78 is 0. The maximum Gasteiger partial charge on any atom is 0.109 e. The highest BCUT2D eigenvalue weighted by Gasteiger charge is 2.34. The van der Waals surface area contributed by atoms with Gasteiger partial charge in [-0.05, 0) is 37.8 Å². The second kappa shape index (κ2) is 8.64. The average molecular weight is 341 g/mol. The lowest BCUT2D eigenvalue weighted by Gasteiger charge is -2.24. The summed E-state index contributed by atoms with van der Waals surface area (Å²) in [5.74, 6) is 7.38. The number of aryl methyl sites for hydroxylation is 1. The van der Waals surface area contributed by atoms with Crippen LogP contribution in [0.4, 0.5) is 0 Å². The molecule has 0 aromatic heterocycles. The van der Waals surface area contributed by atoms with Crippen LogP contribution in [-0.4, -0.2) is 47.7 Å². The molecule has 4 atom stereocenters. The molecule has 1 fully saturated rings. The van der Waals surface area contributed by atoms with Crippen molar-refractivity contribution in [3.05, 3.63) is 47.5 Å². The van der Waals surface area contributed by atoms with E-state index in [0.29, 0.717) is 18.4 Å². The number of hydrogen-bond acceptors (Lipinski definition) is 4. The quantitative estimate of drug-likeness (QED) is 0.651. The highest BCUT2D eigenvalue weighted by Crippen LogP contribution is 2.26. The summed E-state index contributed by atoms with van der Waals surface area (Å²) in [5, 5.41) is 20.5. The Hall–Kier alpha value is -1.64. The molecule has 0 amide bonds. The predicted molar refractivity (Wildman–Crippen MR) is 97.5 cm³/mol. The smallest absolute Gasteiger partial charge is 0.109 e. The van der Waals surface area contributed by atoms with Crippen LogP contribution in [-0.2, 0) is 4.84 Å². The van der Waals surface area contributed by atoms with E-state index in [2.05, 4.69) is 55.2 Å². The fraction of sp³-hybridized carbons (Fsp3) is 0.524. The monoisotopic (exact) mass is 341 g/mol. The van der Waals surface area contributed by atoms with Gasteiger partial charge in [0.05, 0.1) is 6.61 Å². The second-order valence-electron chi connectivity index (χ2n) is 7.08. The Morgan fingerprint density at radius 2 is 1.92 bits per heavy atom. The van der Waals surface area contributed by atoms with Gasteiger partial charge in [-0.2, -0.15) is 5.06 Å². The molecule has 1 aliphatic heterocycles. The molecule has 4 nitrogen and oxygen atoms in total. The van der Waals surface area contributed by atoms with Crippen molar-refractivity contribution in [3.8, 4) is 11.8 Å². The summed E-state index contributed by atoms with van der Waals surface area (Å²) in [6, 6.07) is 8.31. The van der Waals surface area contributed by atoms with Crippen molar-refractivity contribution in [1.82, 2.24) is 5.06 Å². The number of hydroxylamine groups is 2. The van der Waals surface area contributed by atoms with Gasteiger partial charge in [0.1, 0.15) is 6.10 Å². The standard InChI is InChI=1S/C21H27NO3/c1-16-2-4-17(5-3-16)6-7-18-8-10-19(11-9-18)12-22-13-20(14-23)21(15-24)25-22/h2-5,8,10,18-21,23-24H,9,11-15H2,1H3/t18?,19?,20-,21?/m1/s1. The maximum atomic E-state index is 9.35. The van der Waals surface area contributed by atoms with Gasteiger partial charge in [0.25, 0.3) is 0 Å². The van der Waals surface area contributed by atoms with E-state index < -0.39 is 0 Å². The summed E-state index contributed by atoms with van der Waals surface area (Å²) in [7, 11) is 0. The van der Waals surface area contributed by atoms with Gasteiger partial charge >= 0.3 is 0 Å². The molecule has 1 aliphatic carbocycles. The van der Waals surface area contributed by atoms with Crippen molar-refractivity contribution in [2.24, 2.45) is 17.8 Å². The van der Waals surface area contributed by atoms with Gasteiger partial charge in [0, 0.05) is 37.1 Å². The number of benzene rings is 1. The Kier molecular flexibility index (Phi) is 6.28. The van der Waals surface area contributed by atoms with Crippen molar-refractivity contribution in [3.63, 3.8) is 0 Å². The molecule has 0 saturated carbocycles. The molecule has 2 N–H and O–H groups in total. The first kappa shape index (κ1) is 18.2. The molecule has 25 heavy (non-hydrogen) atoms. The van der Waals surface area contributed by atoms with Gasteiger partial charge in [-0.15, -0.1) is 0 Å². The Morgan fingerprint density at radius 3 is 2.52 bits per heavy atom. The lowest BCUT2D eigenvalue weighted by atomic mass is 9.88. The molecule has 2 aliphatic rings. The third-order valence-electron chi connectivity index (χ3n) is 5.02. The molecule has 1 saturated heterocycles. The zero-order valence-corrected chi connectivity index (χ0v) is 14.8. The number of rotatable bonds is 4. The topological polar surface area (TPSA) is 52.9 Å². The average Bonchev–Trinajstić information content (AvgIpc) is 3.04. The Bertz CT molecular complexity index is 631.